The molecule has 4 rings (SSSR count). The second-order valence-corrected chi connectivity index (χ2v) is 11.8. The molecule has 0 saturated heterocycles. The number of carbonyl (C=O) groups is 1. The van der Waals surface area contributed by atoms with Crippen molar-refractivity contribution in [1.29, 1.82) is 0 Å². The molecule has 0 radical (unpaired) electrons. The van der Waals surface area contributed by atoms with Gasteiger partial charge in [0.15, 0.2) is 12.0 Å². The normalized spacial score (nSPS) is 14.4. The summed E-state index contributed by atoms with van der Waals surface area (Å²) in [7, 11) is -8.60. The Morgan fingerprint density at radius 3 is 1.69 bits per heavy atom. The van der Waals surface area contributed by atoms with Crippen molar-refractivity contribution < 1.29 is 34.7 Å². The summed E-state index contributed by atoms with van der Waals surface area (Å²) in [5.74, 6) is -0.652. The van der Waals surface area contributed by atoms with E-state index in [1.165, 1.54) is 30.3 Å². The van der Waals surface area contributed by atoms with Crippen LogP contribution in [0.3, 0.4) is 0 Å². The van der Waals surface area contributed by atoms with E-state index in [1.54, 1.807) is 24.3 Å². The molecule has 0 atom stereocenters. The van der Waals surface area contributed by atoms with E-state index in [9.17, 15) is 21.6 Å². The highest BCUT2D eigenvalue weighted by Crippen LogP contribution is 2.38. The van der Waals surface area contributed by atoms with E-state index in [4.69, 9.17) is 13.1 Å². The van der Waals surface area contributed by atoms with Crippen LogP contribution in [0.5, 0.6) is 17.2 Å². The van der Waals surface area contributed by atoms with Crippen molar-refractivity contribution in [2.24, 2.45) is 0 Å². The van der Waals surface area contributed by atoms with E-state index in [0.29, 0.717) is 6.29 Å². The first-order valence-electron chi connectivity index (χ1n) is 11.4. The molecule has 190 valence electrons. The number of hydrogen-bond acceptors (Lipinski definition) is 8. The van der Waals surface area contributed by atoms with E-state index in [1.807, 2.05) is 13.8 Å². The smallest absolute Gasteiger partial charge is 0.339 e. The first-order valence-corrected chi connectivity index (χ1v) is 14.2. The minimum absolute atomic E-state index is 0.0115. The molecule has 0 aliphatic heterocycles. The van der Waals surface area contributed by atoms with Gasteiger partial charge in [-0.1, -0.05) is 35.4 Å². The number of aryl methyl sites for hydroxylation is 2. The summed E-state index contributed by atoms with van der Waals surface area (Å²) in [6.45, 7) is 3.63. The van der Waals surface area contributed by atoms with Gasteiger partial charge in [-0.25, -0.2) is 0 Å². The van der Waals surface area contributed by atoms with Crippen molar-refractivity contribution in [3.8, 4) is 17.2 Å². The standard InChI is InChI=1S/C26H26O8S2/c1-18-7-11-22(12-8-18)35(28,29)33-21-15-25(32-20-5-3-4-6-20)24(17-27)26(16-21)34-36(30,31)23-13-9-19(2)10-14-23/h7-17,20H,3-6H2,1-2H3. The molecule has 0 N–H and O–H groups in total. The predicted octanol–water partition coefficient (Wildman–Crippen LogP) is 4.97. The Kier molecular flexibility index (Phi) is 7.37. The molecular weight excluding hydrogens is 504 g/mol. The summed E-state index contributed by atoms with van der Waals surface area (Å²) in [6.07, 6.45) is 3.62. The topological polar surface area (TPSA) is 113 Å². The minimum Gasteiger partial charge on any atom is -0.489 e. The summed E-state index contributed by atoms with van der Waals surface area (Å²) >= 11 is 0. The molecule has 0 aromatic heterocycles. The van der Waals surface area contributed by atoms with E-state index >= 15 is 0 Å². The van der Waals surface area contributed by atoms with Gasteiger partial charge in [-0.15, -0.1) is 0 Å². The van der Waals surface area contributed by atoms with Gasteiger partial charge in [0.1, 0.15) is 26.9 Å². The molecule has 3 aromatic rings. The van der Waals surface area contributed by atoms with Crippen molar-refractivity contribution in [2.45, 2.75) is 55.4 Å². The molecule has 0 bridgehead atoms. The Bertz CT molecular complexity index is 1450. The highest BCUT2D eigenvalue weighted by atomic mass is 32.2. The summed E-state index contributed by atoms with van der Waals surface area (Å²) in [5, 5.41) is 0. The molecule has 0 spiro atoms. The van der Waals surface area contributed by atoms with Crippen LogP contribution in [0.15, 0.2) is 70.5 Å². The third-order valence-corrected chi connectivity index (χ3v) is 8.33. The van der Waals surface area contributed by atoms with Gasteiger partial charge in [0.05, 0.1) is 6.10 Å². The van der Waals surface area contributed by atoms with Crippen LogP contribution in [0.2, 0.25) is 0 Å². The number of aldehydes is 1. The summed E-state index contributed by atoms with van der Waals surface area (Å²) in [4.78, 5) is 11.8. The SMILES string of the molecule is Cc1ccc(S(=O)(=O)Oc2cc(OC3CCCC3)c(C=O)c(OS(=O)(=O)c3ccc(C)cc3)c2)cc1. The maximum absolute atomic E-state index is 12.9. The fraction of sp³-hybridized carbons (Fsp3) is 0.269. The van der Waals surface area contributed by atoms with Gasteiger partial charge in [-0.3, -0.25) is 4.79 Å². The molecule has 10 heteroatoms. The van der Waals surface area contributed by atoms with Crippen LogP contribution in [0.4, 0.5) is 0 Å². The van der Waals surface area contributed by atoms with Gasteiger partial charge in [0, 0.05) is 12.1 Å². The monoisotopic (exact) mass is 530 g/mol. The lowest BCUT2D eigenvalue weighted by atomic mass is 10.2. The van der Waals surface area contributed by atoms with Crippen LogP contribution >= 0.6 is 0 Å². The second kappa shape index (κ2) is 10.3. The minimum atomic E-state index is -4.34. The number of carbonyl (C=O) groups excluding carboxylic acids is 1. The molecule has 0 unspecified atom stereocenters. The van der Waals surface area contributed by atoms with E-state index in [2.05, 4.69) is 0 Å². The van der Waals surface area contributed by atoms with Crippen LogP contribution in [0.1, 0.15) is 47.2 Å². The van der Waals surface area contributed by atoms with Gasteiger partial charge < -0.3 is 13.1 Å². The summed E-state index contributed by atoms with van der Waals surface area (Å²) in [6, 6.07) is 14.4. The zero-order chi connectivity index (χ0) is 25.9. The molecule has 36 heavy (non-hydrogen) atoms. The fourth-order valence-electron chi connectivity index (χ4n) is 3.84. The molecular formula is C26H26O8S2. The Balaban J connectivity index is 1.75. The zero-order valence-corrected chi connectivity index (χ0v) is 21.5. The van der Waals surface area contributed by atoms with Crippen molar-refractivity contribution in [3.63, 3.8) is 0 Å². The third kappa shape index (κ3) is 5.88. The summed E-state index contributed by atoms with van der Waals surface area (Å²) in [5.41, 5.74) is 1.57. The highest BCUT2D eigenvalue weighted by Gasteiger charge is 2.26. The molecule has 1 aliphatic rings. The Labute approximate surface area is 211 Å². The lowest BCUT2D eigenvalue weighted by Gasteiger charge is -2.18. The van der Waals surface area contributed by atoms with Gasteiger partial charge in [-0.2, -0.15) is 16.8 Å². The second-order valence-electron chi connectivity index (χ2n) is 8.68. The van der Waals surface area contributed by atoms with Gasteiger partial charge >= 0.3 is 20.2 Å². The Hall–Kier alpha value is -3.37. The molecule has 1 saturated carbocycles. The van der Waals surface area contributed by atoms with E-state index in [0.717, 1.165) is 42.9 Å². The molecule has 1 fully saturated rings. The van der Waals surface area contributed by atoms with Crippen molar-refractivity contribution in [2.75, 3.05) is 0 Å². The van der Waals surface area contributed by atoms with Gasteiger partial charge in [0.25, 0.3) is 0 Å². The maximum atomic E-state index is 12.9. The molecule has 8 nitrogen and oxygen atoms in total. The number of rotatable bonds is 9. The van der Waals surface area contributed by atoms with Crippen molar-refractivity contribution in [3.05, 3.63) is 77.4 Å². The quantitative estimate of drug-likeness (QED) is 0.281. The van der Waals surface area contributed by atoms with Gasteiger partial charge in [0.2, 0.25) is 0 Å². The number of ether oxygens (including phenoxy) is 1. The zero-order valence-electron chi connectivity index (χ0n) is 19.8. The highest BCUT2D eigenvalue weighted by molar-refractivity contribution is 7.87. The van der Waals surface area contributed by atoms with Crippen LogP contribution in [0.25, 0.3) is 0 Å². The molecule has 0 heterocycles. The molecule has 3 aromatic carbocycles. The Morgan fingerprint density at radius 1 is 0.722 bits per heavy atom. The lowest BCUT2D eigenvalue weighted by Crippen LogP contribution is -2.16. The summed E-state index contributed by atoms with van der Waals surface area (Å²) < 4.78 is 68.3. The predicted molar refractivity (Wildman–Crippen MR) is 133 cm³/mol. The fourth-order valence-corrected chi connectivity index (χ4v) is 5.70. The maximum Gasteiger partial charge on any atom is 0.339 e. The molecule has 1 aliphatic carbocycles. The molecule has 0 amide bonds. The van der Waals surface area contributed by atoms with Crippen LogP contribution in [-0.4, -0.2) is 29.2 Å². The van der Waals surface area contributed by atoms with E-state index < -0.39 is 26.0 Å². The number of hydrogen-bond donors (Lipinski definition) is 0. The van der Waals surface area contributed by atoms with Crippen LogP contribution < -0.4 is 13.1 Å². The van der Waals surface area contributed by atoms with E-state index in [-0.39, 0.29) is 33.0 Å². The van der Waals surface area contributed by atoms with Gasteiger partial charge in [-0.05, 0) is 63.8 Å². The van der Waals surface area contributed by atoms with Crippen molar-refractivity contribution >= 4 is 26.5 Å². The first kappa shape index (κ1) is 25.7. The third-order valence-electron chi connectivity index (χ3n) is 5.82. The van der Waals surface area contributed by atoms with Crippen molar-refractivity contribution in [1.82, 2.24) is 0 Å². The number of benzene rings is 3. The first-order chi connectivity index (χ1) is 17.1. The average molecular weight is 531 g/mol. The average Bonchev–Trinajstić information content (AvgIpc) is 3.32. The largest absolute Gasteiger partial charge is 0.489 e. The van der Waals surface area contributed by atoms with Crippen LogP contribution in [-0.2, 0) is 20.2 Å². The lowest BCUT2D eigenvalue weighted by molar-refractivity contribution is 0.111. The Morgan fingerprint density at radius 2 is 1.19 bits per heavy atom. The van der Waals surface area contributed by atoms with Crippen LogP contribution in [0, 0.1) is 13.8 Å².